The van der Waals surface area contributed by atoms with Crippen LogP contribution < -0.4 is 21.3 Å². The van der Waals surface area contributed by atoms with Crippen LogP contribution in [0.5, 0.6) is 5.75 Å². The zero-order valence-electron chi connectivity index (χ0n) is 37.7. The molecule has 1 fully saturated rings. The van der Waals surface area contributed by atoms with Gasteiger partial charge in [0.25, 0.3) is 0 Å². The number of phenols is 1. The molecule has 2 aromatic rings. The highest BCUT2D eigenvalue weighted by Crippen LogP contribution is 2.19. The summed E-state index contributed by atoms with van der Waals surface area (Å²) in [6.45, 7) is 7.21. The number of carbonyl (C=O) groups excluding carboxylic acids is 2. The summed E-state index contributed by atoms with van der Waals surface area (Å²) in [5, 5.41) is 61.0. The molecule has 0 aliphatic carbocycles. The summed E-state index contributed by atoms with van der Waals surface area (Å²) in [5.41, 5.74) is 2.09. The minimum absolute atomic E-state index is 0.0259. The number of carbonyl (C=O) groups is 5. The van der Waals surface area contributed by atoms with Crippen molar-refractivity contribution in [2.45, 2.75) is 83.1 Å². The highest BCUT2D eigenvalue weighted by molar-refractivity contribution is 5.94. The zero-order valence-corrected chi connectivity index (χ0v) is 37.7. The highest BCUT2D eigenvalue weighted by Gasteiger charge is 2.32. The van der Waals surface area contributed by atoms with Crippen LogP contribution in [-0.2, 0) is 51.7 Å². The fourth-order valence-electron chi connectivity index (χ4n) is 7.76. The number of hydrogen-bond donors (Lipinski definition) is 8. The van der Waals surface area contributed by atoms with E-state index in [2.05, 4.69) is 31.3 Å². The van der Waals surface area contributed by atoms with Crippen molar-refractivity contribution < 1.29 is 59.3 Å². The average Bonchev–Trinajstić information content (AvgIpc) is 3.51. The van der Waals surface area contributed by atoms with E-state index in [-0.39, 0.29) is 76.5 Å². The van der Waals surface area contributed by atoms with E-state index in [1.807, 2.05) is 44.3 Å². The number of benzene rings is 2. The number of aliphatic carboxylic acids is 3. The zero-order chi connectivity index (χ0) is 47.1. The Hall–Kier alpha value is -5.42. The molecule has 1 saturated heterocycles. The van der Waals surface area contributed by atoms with E-state index in [1.165, 1.54) is 6.07 Å². The highest BCUT2D eigenvalue weighted by atomic mass is 17.5. The Balaban J connectivity index is 1.54. The van der Waals surface area contributed by atoms with Gasteiger partial charge in [0.1, 0.15) is 17.8 Å². The molecule has 2 aromatic carbocycles. The Kier molecular flexibility index (Phi) is 22.3. The molecule has 0 spiro atoms. The standard InChI is InChI=1S/C44H67N9O12/c1-4-50-18-19-51(29-40(56)57)20-21-52(30-41(58)59)23-25-53(24-22-50)36(44(61)62)14-16-38(55)46-35(28-33-13-15-37(54)31(2)26-33)43(60)47-34(27-32-10-6-5-7-11-32)42-48-39(63-65-64-49-42)12-8-9-17-45-3/h5-7,10-11,13,15,26,34-36,39,45,54H,4,8-9,12,14,16-25,27-30H2,1-3H3,(H,46,55)(H,47,60)(H,48,49)(H,56,57)(H,58,59)(H,61,62). The molecule has 0 bridgehead atoms. The van der Waals surface area contributed by atoms with Crippen LogP contribution in [0.2, 0.25) is 0 Å². The summed E-state index contributed by atoms with van der Waals surface area (Å²) >= 11 is 0. The van der Waals surface area contributed by atoms with Gasteiger partial charge in [-0.15, -0.1) is 0 Å². The molecule has 65 heavy (non-hydrogen) atoms. The summed E-state index contributed by atoms with van der Waals surface area (Å²) < 4.78 is 0. The van der Waals surface area contributed by atoms with E-state index in [0.717, 1.165) is 24.9 Å². The van der Waals surface area contributed by atoms with Gasteiger partial charge >= 0.3 is 17.9 Å². The molecule has 2 heterocycles. The fourth-order valence-corrected chi connectivity index (χ4v) is 7.76. The van der Waals surface area contributed by atoms with Crippen LogP contribution in [0.15, 0.2) is 53.7 Å². The minimum atomic E-state index is -1.16. The monoisotopic (exact) mass is 913 g/mol. The number of nitrogens with one attached hydrogen (secondary N) is 4. The first-order valence-corrected chi connectivity index (χ1v) is 22.2. The average molecular weight is 914 g/mol. The number of amidine groups is 1. The van der Waals surface area contributed by atoms with Crippen molar-refractivity contribution in [1.29, 1.82) is 0 Å². The first-order valence-electron chi connectivity index (χ1n) is 22.2. The van der Waals surface area contributed by atoms with Gasteiger partial charge < -0.3 is 46.6 Å². The maximum absolute atomic E-state index is 14.5. The minimum Gasteiger partial charge on any atom is -0.508 e. The molecule has 0 saturated carbocycles. The van der Waals surface area contributed by atoms with E-state index >= 15 is 0 Å². The first-order chi connectivity index (χ1) is 31.2. The number of aromatic hydroxyl groups is 1. The maximum atomic E-state index is 14.5. The Morgan fingerprint density at radius 2 is 1.48 bits per heavy atom. The number of phenolic OH excluding ortho intramolecular Hbond substituents is 1. The molecule has 2 aliphatic rings. The summed E-state index contributed by atoms with van der Waals surface area (Å²) in [6.07, 6.45) is 1.45. The smallest absolute Gasteiger partial charge is 0.320 e. The molecule has 0 aromatic heterocycles. The Morgan fingerprint density at radius 1 is 0.831 bits per heavy atom. The van der Waals surface area contributed by atoms with Crippen LogP contribution in [0.1, 0.15) is 55.7 Å². The number of carboxylic acids is 3. The van der Waals surface area contributed by atoms with Gasteiger partial charge in [0.15, 0.2) is 12.1 Å². The third-order valence-electron chi connectivity index (χ3n) is 11.5. The molecule has 21 heteroatoms. The normalized spacial score (nSPS) is 18.8. The van der Waals surface area contributed by atoms with Crippen molar-refractivity contribution in [2.24, 2.45) is 5.16 Å². The lowest BCUT2D eigenvalue weighted by Crippen LogP contribution is -2.56. The number of nitrogens with zero attached hydrogens (tertiary/aromatic N) is 5. The van der Waals surface area contributed by atoms with Crippen LogP contribution in [0.4, 0.5) is 0 Å². The predicted molar refractivity (Wildman–Crippen MR) is 238 cm³/mol. The quantitative estimate of drug-likeness (QED) is 0.0561. The summed E-state index contributed by atoms with van der Waals surface area (Å²) in [5.74, 6) is -4.06. The van der Waals surface area contributed by atoms with E-state index in [1.54, 1.807) is 33.8 Å². The third-order valence-corrected chi connectivity index (χ3v) is 11.5. The Morgan fingerprint density at radius 3 is 2.09 bits per heavy atom. The molecular weight excluding hydrogens is 847 g/mol. The van der Waals surface area contributed by atoms with Crippen molar-refractivity contribution >= 4 is 35.6 Å². The second-order valence-electron chi connectivity index (χ2n) is 16.3. The lowest BCUT2D eigenvalue weighted by molar-refractivity contribution is -0.525. The van der Waals surface area contributed by atoms with Crippen LogP contribution in [0, 0.1) is 6.92 Å². The SMILES string of the molecule is CCN1CCN(CC(=O)O)CCN(CC(=O)O)CCN(C(CCC(=O)NC(Cc2ccc(O)c(C)c2)C(=O)NC(Cc2ccccc2)C2=NOOOC(CCCCNC)N2)C(=O)O)CC1. The molecule has 0 radical (unpaired) electrons. The molecule has 8 N–H and O–H groups in total. The van der Waals surface area contributed by atoms with Gasteiger partial charge in [0.05, 0.1) is 19.1 Å². The molecule has 360 valence electrons. The van der Waals surface area contributed by atoms with Gasteiger partial charge in [-0.25, -0.2) is 0 Å². The number of aryl methyl sites for hydroxylation is 1. The van der Waals surface area contributed by atoms with Gasteiger partial charge in [-0.3, -0.25) is 38.7 Å². The van der Waals surface area contributed by atoms with Gasteiger partial charge in [-0.05, 0) is 87.1 Å². The first kappa shape index (κ1) is 52.2. The van der Waals surface area contributed by atoms with Crippen molar-refractivity contribution in [3.05, 3.63) is 65.2 Å². The van der Waals surface area contributed by atoms with E-state index in [0.29, 0.717) is 50.3 Å². The summed E-state index contributed by atoms with van der Waals surface area (Å²) in [7, 11) is 1.87. The maximum Gasteiger partial charge on any atom is 0.320 e. The molecule has 21 nitrogen and oxygen atoms in total. The van der Waals surface area contributed by atoms with Gasteiger partial charge in [-0.1, -0.05) is 49.4 Å². The third kappa shape index (κ3) is 18.9. The lowest BCUT2D eigenvalue weighted by atomic mass is 10.0. The largest absolute Gasteiger partial charge is 0.508 e. The van der Waals surface area contributed by atoms with Crippen LogP contribution in [-0.4, -0.2) is 186 Å². The van der Waals surface area contributed by atoms with Gasteiger partial charge in [-0.2, -0.15) is 9.88 Å². The van der Waals surface area contributed by atoms with Crippen LogP contribution in [0.25, 0.3) is 0 Å². The second-order valence-corrected chi connectivity index (χ2v) is 16.3. The van der Waals surface area contributed by atoms with Crippen molar-refractivity contribution in [3.8, 4) is 5.75 Å². The second kappa shape index (κ2) is 27.8. The van der Waals surface area contributed by atoms with Crippen LogP contribution in [0.3, 0.4) is 0 Å². The molecule has 4 unspecified atom stereocenters. The predicted octanol–water partition coefficient (Wildman–Crippen LogP) is 0.612. The molecule has 4 atom stereocenters. The van der Waals surface area contributed by atoms with Crippen molar-refractivity contribution in [1.82, 2.24) is 40.9 Å². The molecule has 2 amide bonds. The number of hydrogen-bond acceptors (Lipinski definition) is 16. The Labute approximate surface area is 379 Å². The number of oxime groups is 1. The van der Waals surface area contributed by atoms with Gasteiger partial charge in [0.2, 0.25) is 11.8 Å². The van der Waals surface area contributed by atoms with Crippen LogP contribution >= 0.6 is 0 Å². The molecule has 4 rings (SSSR count). The fraction of sp³-hybridized carbons (Fsp3) is 0.591. The van der Waals surface area contributed by atoms with Crippen molar-refractivity contribution in [2.75, 3.05) is 85.6 Å². The van der Waals surface area contributed by atoms with E-state index in [4.69, 9.17) is 14.9 Å². The Bertz CT molecular complexity index is 1860. The topological polar surface area (TPSA) is 267 Å². The summed E-state index contributed by atoms with van der Waals surface area (Å²) in [6, 6.07) is 11.2. The number of carboxylic acid groups (broad SMARTS) is 3. The number of unbranched alkanes of at least 4 members (excludes halogenated alkanes) is 1. The van der Waals surface area contributed by atoms with E-state index in [9.17, 15) is 44.4 Å². The summed E-state index contributed by atoms with van der Waals surface area (Å²) in [4.78, 5) is 82.2. The lowest BCUT2D eigenvalue weighted by Gasteiger charge is -2.35. The van der Waals surface area contributed by atoms with Gasteiger partial charge in [0, 0.05) is 70.2 Å². The molecule has 2 aliphatic heterocycles. The van der Waals surface area contributed by atoms with Crippen molar-refractivity contribution in [3.63, 3.8) is 0 Å². The van der Waals surface area contributed by atoms with E-state index < -0.39 is 54.1 Å². The molecular formula is C44H67N9O12. The number of likely N-dealkylation sites (N-methyl/N-ethyl adjacent to an activating group) is 1. The number of rotatable bonds is 23. The number of amides is 2.